The van der Waals surface area contributed by atoms with E-state index in [2.05, 4.69) is 18.3 Å². The third-order valence-corrected chi connectivity index (χ3v) is 6.96. The number of carbonyl (C=O) groups excluding carboxylic acids is 1. The number of hydrogen-bond acceptors (Lipinski definition) is 3. The van der Waals surface area contributed by atoms with Gasteiger partial charge in [-0.15, -0.1) is 0 Å². The van der Waals surface area contributed by atoms with Gasteiger partial charge in [-0.3, -0.25) is 9.59 Å². The minimum absolute atomic E-state index is 0.0684. The summed E-state index contributed by atoms with van der Waals surface area (Å²) in [6.45, 7) is 2.68. The topological polar surface area (TPSA) is 60.3 Å². The van der Waals surface area contributed by atoms with Gasteiger partial charge in [0.15, 0.2) is 0 Å². The highest BCUT2D eigenvalue weighted by atomic mass is 16.5. The molecule has 2 aliphatic carbocycles. The first-order valence-electron chi connectivity index (χ1n) is 11.2. The van der Waals surface area contributed by atoms with E-state index < -0.39 is 0 Å². The van der Waals surface area contributed by atoms with E-state index in [1.165, 1.54) is 5.57 Å². The number of ether oxygens (including phenoxy) is 1. The number of hydrogen-bond donors (Lipinski definition) is 1. The van der Waals surface area contributed by atoms with Crippen LogP contribution in [0, 0.1) is 11.3 Å². The van der Waals surface area contributed by atoms with E-state index >= 15 is 0 Å². The van der Waals surface area contributed by atoms with Crippen molar-refractivity contribution in [3.05, 3.63) is 82.2 Å². The van der Waals surface area contributed by atoms with Crippen LogP contribution in [-0.4, -0.2) is 17.6 Å². The maximum absolute atomic E-state index is 13.4. The van der Waals surface area contributed by atoms with E-state index in [1.54, 1.807) is 17.7 Å². The van der Waals surface area contributed by atoms with Crippen molar-refractivity contribution in [2.75, 3.05) is 12.4 Å². The Balaban J connectivity index is 1.47. The summed E-state index contributed by atoms with van der Waals surface area (Å²) in [5.74, 6) is 1.41. The van der Waals surface area contributed by atoms with Crippen molar-refractivity contribution in [2.24, 2.45) is 11.3 Å². The molecular weight excluding hydrogens is 400 g/mol. The molecule has 1 N–H and O–H groups in total. The molecule has 3 aromatic rings. The van der Waals surface area contributed by atoms with E-state index in [0.717, 1.165) is 53.6 Å². The minimum Gasteiger partial charge on any atom is -0.497 e. The third-order valence-electron chi connectivity index (χ3n) is 6.96. The number of nitrogens with zero attached hydrogens (tertiary/aromatic N) is 1. The largest absolute Gasteiger partial charge is 0.497 e. The van der Waals surface area contributed by atoms with Gasteiger partial charge in [-0.25, -0.2) is 0 Å². The highest BCUT2D eigenvalue weighted by molar-refractivity contribution is 6.03. The molecule has 0 spiro atoms. The third kappa shape index (κ3) is 3.62. The molecule has 5 rings (SSSR count). The van der Waals surface area contributed by atoms with Crippen molar-refractivity contribution < 1.29 is 9.53 Å². The zero-order valence-electron chi connectivity index (χ0n) is 18.6. The number of rotatable bonds is 5. The molecule has 0 saturated heterocycles. The fourth-order valence-electron chi connectivity index (χ4n) is 5.45. The molecule has 164 valence electrons. The normalized spacial score (nSPS) is 21.9. The standard InChI is InChI=1S/C27H28N2O3/c1-18-14-20-12-13-27(15-18,16-20)26(31)28-23-4-3-5-24-22(23)10-11-25(30)29(24)17-19-6-8-21(32-2)9-7-19/h3-12,18H,13-17H2,1-2H3,(H,28,31). The lowest BCUT2D eigenvalue weighted by Gasteiger charge is -2.35. The van der Waals surface area contributed by atoms with Crippen LogP contribution in [0.1, 0.15) is 38.2 Å². The Morgan fingerprint density at radius 1 is 1.16 bits per heavy atom. The molecule has 2 unspecified atom stereocenters. The molecule has 2 aliphatic rings. The van der Waals surface area contributed by atoms with Crippen LogP contribution in [0.4, 0.5) is 5.69 Å². The van der Waals surface area contributed by atoms with Gasteiger partial charge in [-0.1, -0.05) is 36.8 Å². The predicted octanol–water partition coefficient (Wildman–Crippen LogP) is 5.13. The summed E-state index contributed by atoms with van der Waals surface area (Å²) < 4.78 is 6.98. The van der Waals surface area contributed by atoms with Crippen molar-refractivity contribution in [2.45, 2.75) is 39.2 Å². The van der Waals surface area contributed by atoms with Crippen molar-refractivity contribution in [1.29, 1.82) is 0 Å². The molecular formula is C27H28N2O3. The monoisotopic (exact) mass is 428 g/mol. The number of methoxy groups -OCH3 is 1. The summed E-state index contributed by atoms with van der Waals surface area (Å²) in [6, 6.07) is 16.9. The van der Waals surface area contributed by atoms with Crippen LogP contribution in [0.15, 0.2) is 71.0 Å². The maximum atomic E-state index is 13.4. The Hall–Kier alpha value is -3.34. The molecule has 32 heavy (non-hydrogen) atoms. The number of anilines is 1. The van der Waals surface area contributed by atoms with Gasteiger partial charge in [0.05, 0.1) is 30.3 Å². The average Bonchev–Trinajstić information content (AvgIpc) is 3.12. The SMILES string of the molecule is COc1ccc(Cn2c(=O)ccc3c(NC(=O)C45CC=C(CC(C)C4)C5)cccc32)cc1. The Morgan fingerprint density at radius 2 is 1.97 bits per heavy atom. The lowest BCUT2D eigenvalue weighted by Crippen LogP contribution is -2.38. The summed E-state index contributed by atoms with van der Waals surface area (Å²) in [5, 5.41) is 4.09. The van der Waals surface area contributed by atoms with Crippen molar-refractivity contribution in [3.8, 4) is 5.75 Å². The highest BCUT2D eigenvalue weighted by Crippen LogP contribution is 2.50. The van der Waals surface area contributed by atoms with Crippen LogP contribution in [0.2, 0.25) is 0 Å². The number of fused-ring (bicyclic) bond motifs is 3. The fourth-order valence-corrected chi connectivity index (χ4v) is 5.45. The summed E-state index contributed by atoms with van der Waals surface area (Å²) in [5.41, 5.74) is 3.61. The molecule has 0 aliphatic heterocycles. The van der Waals surface area contributed by atoms with Crippen LogP contribution >= 0.6 is 0 Å². The van der Waals surface area contributed by atoms with E-state index in [1.807, 2.05) is 48.5 Å². The lowest BCUT2D eigenvalue weighted by atomic mass is 9.70. The van der Waals surface area contributed by atoms with Gasteiger partial charge >= 0.3 is 0 Å². The van der Waals surface area contributed by atoms with Gasteiger partial charge < -0.3 is 14.6 Å². The van der Waals surface area contributed by atoms with E-state index in [0.29, 0.717) is 12.5 Å². The van der Waals surface area contributed by atoms with Crippen LogP contribution in [-0.2, 0) is 11.3 Å². The summed E-state index contributed by atoms with van der Waals surface area (Å²) in [6.07, 6.45) is 5.99. The molecule has 5 nitrogen and oxygen atoms in total. The first-order chi connectivity index (χ1) is 15.5. The second-order valence-electron chi connectivity index (χ2n) is 9.34. The zero-order valence-corrected chi connectivity index (χ0v) is 18.6. The molecule has 1 saturated carbocycles. The van der Waals surface area contributed by atoms with Crippen LogP contribution in [0.5, 0.6) is 5.75 Å². The fraction of sp³-hybridized carbons (Fsp3) is 0.333. The van der Waals surface area contributed by atoms with Crippen LogP contribution in [0.25, 0.3) is 10.9 Å². The van der Waals surface area contributed by atoms with Crippen molar-refractivity contribution in [3.63, 3.8) is 0 Å². The van der Waals surface area contributed by atoms with Gasteiger partial charge in [0.1, 0.15) is 5.75 Å². The molecule has 2 bridgehead atoms. The summed E-state index contributed by atoms with van der Waals surface area (Å²) >= 11 is 0. The van der Waals surface area contributed by atoms with Crippen LogP contribution < -0.4 is 15.6 Å². The molecule has 2 aromatic carbocycles. The van der Waals surface area contributed by atoms with E-state index in [4.69, 9.17) is 4.74 Å². The predicted molar refractivity (Wildman–Crippen MR) is 127 cm³/mol. The number of amides is 1. The average molecular weight is 429 g/mol. The van der Waals surface area contributed by atoms with Gasteiger partial charge in [-0.2, -0.15) is 0 Å². The molecule has 1 amide bonds. The second-order valence-corrected chi connectivity index (χ2v) is 9.34. The Morgan fingerprint density at radius 3 is 2.75 bits per heavy atom. The summed E-state index contributed by atoms with van der Waals surface area (Å²) in [4.78, 5) is 26.1. The van der Waals surface area contributed by atoms with Gasteiger partial charge in [-0.05, 0) is 67.5 Å². The first-order valence-corrected chi connectivity index (χ1v) is 11.2. The van der Waals surface area contributed by atoms with Crippen molar-refractivity contribution >= 4 is 22.5 Å². The zero-order chi connectivity index (χ0) is 22.3. The molecule has 2 atom stereocenters. The lowest BCUT2D eigenvalue weighted by molar-refractivity contribution is -0.126. The van der Waals surface area contributed by atoms with E-state index in [-0.39, 0.29) is 16.9 Å². The van der Waals surface area contributed by atoms with E-state index in [9.17, 15) is 9.59 Å². The molecule has 1 aromatic heterocycles. The smallest absolute Gasteiger partial charge is 0.251 e. The van der Waals surface area contributed by atoms with Gasteiger partial charge in [0, 0.05) is 11.5 Å². The number of nitrogens with one attached hydrogen (secondary N) is 1. The number of pyridine rings is 1. The summed E-state index contributed by atoms with van der Waals surface area (Å²) in [7, 11) is 1.63. The molecule has 5 heteroatoms. The minimum atomic E-state index is -0.327. The Labute approximate surface area is 187 Å². The maximum Gasteiger partial charge on any atom is 0.251 e. The number of benzene rings is 2. The van der Waals surface area contributed by atoms with Crippen LogP contribution in [0.3, 0.4) is 0 Å². The van der Waals surface area contributed by atoms with Crippen molar-refractivity contribution in [1.82, 2.24) is 4.57 Å². The number of aromatic nitrogens is 1. The second kappa shape index (κ2) is 7.97. The molecule has 0 radical (unpaired) electrons. The quantitative estimate of drug-likeness (QED) is 0.573. The Kier molecular flexibility index (Phi) is 5.12. The highest BCUT2D eigenvalue weighted by Gasteiger charge is 2.45. The molecule has 1 fully saturated rings. The number of carbonyl (C=O) groups is 1. The molecule has 1 heterocycles. The first kappa shape index (κ1) is 20.6. The van der Waals surface area contributed by atoms with Gasteiger partial charge in [0.25, 0.3) is 5.56 Å². The Bertz CT molecular complexity index is 1270. The van der Waals surface area contributed by atoms with Gasteiger partial charge in [0.2, 0.25) is 5.91 Å². The number of allylic oxidation sites excluding steroid dienone is 2.